The first-order chi connectivity index (χ1) is 10.0. The van der Waals surface area contributed by atoms with Crippen molar-refractivity contribution >= 4 is 38.9 Å². The molecule has 0 saturated carbocycles. The Morgan fingerprint density at radius 2 is 2.10 bits per heavy atom. The minimum Gasteiger partial charge on any atom is -0.497 e. The molecule has 0 atom stereocenters. The molecule has 2 rings (SSSR count). The highest BCUT2D eigenvalue weighted by atomic mass is 79.9. The Hall–Kier alpha value is -1.79. The fourth-order valence-electron chi connectivity index (χ4n) is 1.81. The van der Waals surface area contributed by atoms with Crippen molar-refractivity contribution in [2.24, 2.45) is 0 Å². The number of methoxy groups -OCH3 is 1. The quantitative estimate of drug-likeness (QED) is 0.614. The number of ether oxygens (including phenoxy) is 1. The Morgan fingerprint density at radius 1 is 1.33 bits per heavy atom. The molecule has 2 aromatic carbocycles. The molecule has 2 aromatic rings. The van der Waals surface area contributed by atoms with Crippen LogP contribution in [0.15, 0.2) is 40.9 Å². The summed E-state index contributed by atoms with van der Waals surface area (Å²) in [5.74, 6) is 0.700. The summed E-state index contributed by atoms with van der Waals surface area (Å²) in [6.07, 6.45) is 0. The second-order valence-corrected chi connectivity index (χ2v) is 5.52. The van der Waals surface area contributed by atoms with Crippen molar-refractivity contribution in [3.63, 3.8) is 0 Å². The zero-order valence-corrected chi connectivity index (χ0v) is 13.4. The third-order valence-corrected chi connectivity index (χ3v) is 3.81. The highest BCUT2D eigenvalue weighted by Crippen LogP contribution is 2.29. The summed E-state index contributed by atoms with van der Waals surface area (Å²) in [6, 6.07) is 10.1. The largest absolute Gasteiger partial charge is 0.497 e. The van der Waals surface area contributed by atoms with Crippen LogP contribution in [0.4, 0.5) is 11.4 Å². The van der Waals surface area contributed by atoms with Crippen LogP contribution in [-0.4, -0.2) is 12.0 Å². The standard InChI is InChI=1S/C14H12BrClN2O3/c1-21-11-4-5-12(15)13(7-11)17-8-9-2-3-10(16)6-14(9)18(19)20/h2-7,17H,8H2,1H3. The zero-order chi connectivity index (χ0) is 15.4. The molecular formula is C14H12BrClN2O3. The SMILES string of the molecule is COc1ccc(Br)c(NCc2ccc(Cl)cc2[N+](=O)[O-])c1. The van der Waals surface area contributed by atoms with E-state index in [4.69, 9.17) is 16.3 Å². The number of benzene rings is 2. The molecule has 5 nitrogen and oxygen atoms in total. The second kappa shape index (κ2) is 6.78. The summed E-state index contributed by atoms with van der Waals surface area (Å²) in [6.45, 7) is 0.305. The zero-order valence-electron chi connectivity index (χ0n) is 11.1. The van der Waals surface area contributed by atoms with E-state index >= 15 is 0 Å². The van der Waals surface area contributed by atoms with E-state index in [1.807, 2.05) is 18.2 Å². The first kappa shape index (κ1) is 15.6. The summed E-state index contributed by atoms with van der Waals surface area (Å²) in [7, 11) is 1.58. The third-order valence-electron chi connectivity index (χ3n) is 2.89. The lowest BCUT2D eigenvalue weighted by molar-refractivity contribution is -0.385. The first-order valence-corrected chi connectivity index (χ1v) is 7.18. The van der Waals surface area contributed by atoms with E-state index in [2.05, 4.69) is 21.2 Å². The van der Waals surface area contributed by atoms with Gasteiger partial charge in [-0.3, -0.25) is 10.1 Å². The molecule has 0 bridgehead atoms. The molecule has 0 radical (unpaired) electrons. The van der Waals surface area contributed by atoms with E-state index < -0.39 is 4.92 Å². The average molecular weight is 372 g/mol. The lowest BCUT2D eigenvalue weighted by Gasteiger charge is -2.11. The van der Waals surface area contributed by atoms with Crippen LogP contribution in [-0.2, 0) is 6.54 Å². The highest BCUT2D eigenvalue weighted by molar-refractivity contribution is 9.10. The van der Waals surface area contributed by atoms with Gasteiger partial charge < -0.3 is 10.1 Å². The Morgan fingerprint density at radius 3 is 2.76 bits per heavy atom. The summed E-state index contributed by atoms with van der Waals surface area (Å²) >= 11 is 9.21. The number of nitro groups is 1. The molecule has 0 aliphatic rings. The summed E-state index contributed by atoms with van der Waals surface area (Å²) < 4.78 is 6.00. The van der Waals surface area contributed by atoms with Crippen molar-refractivity contribution in [1.29, 1.82) is 0 Å². The van der Waals surface area contributed by atoms with Gasteiger partial charge in [-0.05, 0) is 40.2 Å². The van der Waals surface area contributed by atoms with Gasteiger partial charge in [0.25, 0.3) is 5.69 Å². The first-order valence-electron chi connectivity index (χ1n) is 6.01. The molecule has 0 spiro atoms. The van der Waals surface area contributed by atoms with Gasteiger partial charge in [-0.25, -0.2) is 0 Å². The van der Waals surface area contributed by atoms with Crippen molar-refractivity contribution in [3.8, 4) is 5.75 Å². The Bertz CT molecular complexity index is 679. The summed E-state index contributed by atoms with van der Waals surface area (Å²) in [4.78, 5) is 10.6. The molecule has 0 aliphatic heterocycles. The second-order valence-electron chi connectivity index (χ2n) is 4.23. The smallest absolute Gasteiger partial charge is 0.275 e. The predicted molar refractivity (Wildman–Crippen MR) is 86.1 cm³/mol. The lowest BCUT2D eigenvalue weighted by atomic mass is 10.1. The van der Waals surface area contributed by atoms with Gasteiger partial charge >= 0.3 is 0 Å². The monoisotopic (exact) mass is 370 g/mol. The van der Waals surface area contributed by atoms with E-state index in [0.717, 1.165) is 10.2 Å². The Balaban J connectivity index is 2.22. The molecule has 0 unspecified atom stereocenters. The number of halogens is 2. The van der Waals surface area contributed by atoms with E-state index in [1.165, 1.54) is 6.07 Å². The van der Waals surface area contributed by atoms with Gasteiger partial charge in [0.15, 0.2) is 0 Å². The van der Waals surface area contributed by atoms with Gasteiger partial charge in [0, 0.05) is 33.7 Å². The third kappa shape index (κ3) is 3.86. The van der Waals surface area contributed by atoms with Crippen molar-refractivity contribution in [3.05, 3.63) is 61.6 Å². The van der Waals surface area contributed by atoms with Crippen molar-refractivity contribution in [1.82, 2.24) is 0 Å². The minimum atomic E-state index is -0.441. The number of nitrogens with zero attached hydrogens (tertiary/aromatic N) is 1. The van der Waals surface area contributed by atoms with Gasteiger partial charge in [0.05, 0.1) is 17.7 Å². The molecule has 0 aliphatic carbocycles. The van der Waals surface area contributed by atoms with Crippen molar-refractivity contribution in [2.45, 2.75) is 6.54 Å². The number of anilines is 1. The van der Waals surface area contributed by atoms with Gasteiger partial charge in [-0.2, -0.15) is 0 Å². The number of rotatable bonds is 5. The molecule has 0 saturated heterocycles. The van der Waals surface area contributed by atoms with E-state index in [-0.39, 0.29) is 5.69 Å². The Kier molecular flexibility index (Phi) is 5.03. The van der Waals surface area contributed by atoms with E-state index in [9.17, 15) is 10.1 Å². The lowest BCUT2D eigenvalue weighted by Crippen LogP contribution is -2.03. The van der Waals surface area contributed by atoms with Gasteiger partial charge in [-0.1, -0.05) is 11.6 Å². The average Bonchev–Trinajstić information content (AvgIpc) is 2.47. The maximum absolute atomic E-state index is 11.0. The van der Waals surface area contributed by atoms with Crippen molar-refractivity contribution < 1.29 is 9.66 Å². The van der Waals surface area contributed by atoms with Crippen LogP contribution >= 0.6 is 27.5 Å². The molecule has 1 N–H and O–H groups in total. The van der Waals surface area contributed by atoms with Gasteiger partial charge in [0.2, 0.25) is 0 Å². The number of hydrogen-bond donors (Lipinski definition) is 1. The van der Waals surface area contributed by atoms with E-state index in [0.29, 0.717) is 22.9 Å². The molecule has 21 heavy (non-hydrogen) atoms. The van der Waals surface area contributed by atoms with E-state index in [1.54, 1.807) is 19.2 Å². The maximum Gasteiger partial charge on any atom is 0.275 e. The number of nitrogens with one attached hydrogen (secondary N) is 1. The molecular weight excluding hydrogens is 360 g/mol. The van der Waals surface area contributed by atoms with Gasteiger partial charge in [-0.15, -0.1) is 0 Å². The van der Waals surface area contributed by atoms with Crippen molar-refractivity contribution in [2.75, 3.05) is 12.4 Å². The molecule has 0 amide bonds. The van der Waals surface area contributed by atoms with Crippen LogP contribution in [0.1, 0.15) is 5.56 Å². The molecule has 0 heterocycles. The highest BCUT2D eigenvalue weighted by Gasteiger charge is 2.14. The topological polar surface area (TPSA) is 64.4 Å². The Labute approximate surface area is 135 Å². The van der Waals surface area contributed by atoms with Crippen LogP contribution < -0.4 is 10.1 Å². The van der Waals surface area contributed by atoms with Crippen LogP contribution in [0, 0.1) is 10.1 Å². The van der Waals surface area contributed by atoms with Crippen LogP contribution in [0.5, 0.6) is 5.75 Å². The number of nitro benzene ring substituents is 1. The molecule has 0 aromatic heterocycles. The maximum atomic E-state index is 11.0. The van der Waals surface area contributed by atoms with Crippen LogP contribution in [0.25, 0.3) is 0 Å². The normalized spacial score (nSPS) is 10.2. The van der Waals surface area contributed by atoms with Gasteiger partial charge in [0.1, 0.15) is 5.75 Å². The number of hydrogen-bond acceptors (Lipinski definition) is 4. The van der Waals surface area contributed by atoms with Crippen LogP contribution in [0.3, 0.4) is 0 Å². The molecule has 0 fully saturated rings. The fourth-order valence-corrected chi connectivity index (χ4v) is 2.37. The fraction of sp³-hybridized carbons (Fsp3) is 0.143. The molecule has 110 valence electrons. The predicted octanol–water partition coefficient (Wildman–Crippen LogP) is 4.63. The van der Waals surface area contributed by atoms with Crippen LogP contribution in [0.2, 0.25) is 5.02 Å². The summed E-state index contributed by atoms with van der Waals surface area (Å²) in [5.41, 5.74) is 1.34. The molecule has 7 heteroatoms. The minimum absolute atomic E-state index is 0.00554. The summed E-state index contributed by atoms with van der Waals surface area (Å²) in [5, 5.41) is 14.5.